The van der Waals surface area contributed by atoms with Gasteiger partial charge in [-0.1, -0.05) is 0 Å². The molecule has 0 amide bonds. The van der Waals surface area contributed by atoms with Crippen LogP contribution in [-0.4, -0.2) is 62.0 Å². The Balaban J connectivity index is 1.48. The summed E-state index contributed by atoms with van der Waals surface area (Å²) in [6.07, 6.45) is 6.31. The highest BCUT2D eigenvalue weighted by Crippen LogP contribution is 2.38. The summed E-state index contributed by atoms with van der Waals surface area (Å²) >= 11 is 0. The molecular formula is C15H26N2O2. The molecule has 1 N–H and O–H groups in total. The lowest BCUT2D eigenvalue weighted by Crippen LogP contribution is -2.55. The van der Waals surface area contributed by atoms with Crippen LogP contribution in [0, 0.1) is 5.92 Å². The van der Waals surface area contributed by atoms with Gasteiger partial charge in [-0.25, -0.2) is 0 Å². The number of rotatable bonds is 1. The normalized spacial score (nSPS) is 47.7. The van der Waals surface area contributed by atoms with Crippen LogP contribution in [0.2, 0.25) is 0 Å². The van der Waals surface area contributed by atoms with Crippen molar-refractivity contribution in [2.45, 2.75) is 49.8 Å². The fourth-order valence-electron chi connectivity index (χ4n) is 4.71. The Labute approximate surface area is 115 Å². The summed E-state index contributed by atoms with van der Waals surface area (Å²) in [5.74, 6) is 0.896. The molecule has 4 fully saturated rings. The van der Waals surface area contributed by atoms with Crippen LogP contribution in [0.1, 0.15) is 32.1 Å². The van der Waals surface area contributed by atoms with Gasteiger partial charge in [-0.05, 0) is 44.7 Å². The fourth-order valence-corrected chi connectivity index (χ4v) is 4.71. The van der Waals surface area contributed by atoms with E-state index in [1.54, 1.807) is 0 Å². The number of nitrogens with one attached hydrogen (secondary N) is 1. The van der Waals surface area contributed by atoms with E-state index in [0.717, 1.165) is 44.2 Å². The van der Waals surface area contributed by atoms with E-state index in [-0.39, 0.29) is 5.60 Å². The summed E-state index contributed by atoms with van der Waals surface area (Å²) in [5, 5.41) is 3.60. The predicted molar refractivity (Wildman–Crippen MR) is 73.2 cm³/mol. The molecule has 0 saturated carbocycles. The maximum Gasteiger partial charge on any atom is 0.0951 e. The first-order chi connectivity index (χ1) is 9.36. The van der Waals surface area contributed by atoms with Gasteiger partial charge in [0.1, 0.15) is 0 Å². The molecule has 4 aliphatic heterocycles. The zero-order valence-corrected chi connectivity index (χ0v) is 11.8. The van der Waals surface area contributed by atoms with Crippen molar-refractivity contribution in [1.29, 1.82) is 0 Å². The van der Waals surface area contributed by atoms with Crippen LogP contribution in [0.5, 0.6) is 0 Å². The lowest BCUT2D eigenvalue weighted by Gasteiger charge is -2.47. The molecule has 0 bridgehead atoms. The fraction of sp³-hybridized carbons (Fsp3) is 1.00. The molecular weight excluding hydrogens is 240 g/mol. The molecule has 4 nitrogen and oxygen atoms in total. The summed E-state index contributed by atoms with van der Waals surface area (Å²) in [7, 11) is 0. The summed E-state index contributed by atoms with van der Waals surface area (Å²) < 4.78 is 11.7. The van der Waals surface area contributed by atoms with Crippen molar-refractivity contribution in [1.82, 2.24) is 10.2 Å². The summed E-state index contributed by atoms with van der Waals surface area (Å²) in [6, 6.07) is 1.51. The molecule has 0 radical (unpaired) electrons. The van der Waals surface area contributed by atoms with Crippen molar-refractivity contribution < 1.29 is 9.47 Å². The van der Waals surface area contributed by atoms with Crippen LogP contribution in [-0.2, 0) is 9.47 Å². The Hall–Kier alpha value is -0.160. The second kappa shape index (κ2) is 4.99. The molecule has 4 saturated heterocycles. The third kappa shape index (κ3) is 2.23. The number of ether oxygens (including phenoxy) is 2. The minimum atomic E-state index is 0.0574. The Morgan fingerprint density at radius 1 is 1.16 bits per heavy atom. The van der Waals surface area contributed by atoms with Crippen molar-refractivity contribution in [3.8, 4) is 0 Å². The number of nitrogens with zero attached hydrogens (tertiary/aromatic N) is 1. The van der Waals surface area contributed by atoms with Crippen molar-refractivity contribution >= 4 is 0 Å². The van der Waals surface area contributed by atoms with E-state index in [1.807, 2.05) is 0 Å². The zero-order chi connectivity index (χ0) is 12.7. The van der Waals surface area contributed by atoms with Gasteiger partial charge >= 0.3 is 0 Å². The van der Waals surface area contributed by atoms with Crippen molar-refractivity contribution in [2.24, 2.45) is 5.92 Å². The molecule has 4 aliphatic rings. The molecule has 4 rings (SSSR count). The first-order valence-corrected chi connectivity index (χ1v) is 8.05. The van der Waals surface area contributed by atoms with Crippen LogP contribution in [0.15, 0.2) is 0 Å². The average molecular weight is 266 g/mol. The quantitative estimate of drug-likeness (QED) is 0.768. The highest BCUT2D eigenvalue weighted by Gasteiger charge is 2.45. The van der Waals surface area contributed by atoms with Crippen LogP contribution < -0.4 is 5.32 Å². The highest BCUT2D eigenvalue weighted by atomic mass is 16.6. The van der Waals surface area contributed by atoms with E-state index in [0.29, 0.717) is 0 Å². The summed E-state index contributed by atoms with van der Waals surface area (Å²) in [4.78, 5) is 2.82. The zero-order valence-electron chi connectivity index (χ0n) is 11.8. The van der Waals surface area contributed by atoms with E-state index >= 15 is 0 Å². The van der Waals surface area contributed by atoms with E-state index in [4.69, 9.17) is 9.47 Å². The minimum absolute atomic E-state index is 0.0574. The second-order valence-corrected chi connectivity index (χ2v) is 6.85. The van der Waals surface area contributed by atoms with Gasteiger partial charge in [0, 0.05) is 38.3 Å². The topological polar surface area (TPSA) is 33.7 Å². The van der Waals surface area contributed by atoms with Gasteiger partial charge in [0.2, 0.25) is 0 Å². The third-order valence-electron chi connectivity index (χ3n) is 5.72. The minimum Gasteiger partial charge on any atom is -0.378 e. The first-order valence-electron chi connectivity index (χ1n) is 8.05. The second-order valence-electron chi connectivity index (χ2n) is 6.85. The van der Waals surface area contributed by atoms with E-state index < -0.39 is 0 Å². The van der Waals surface area contributed by atoms with Crippen molar-refractivity contribution in [3.63, 3.8) is 0 Å². The number of hydrogen-bond donors (Lipinski definition) is 1. The maximum absolute atomic E-state index is 6.09. The van der Waals surface area contributed by atoms with Crippen LogP contribution >= 0.6 is 0 Å². The highest BCUT2D eigenvalue weighted by molar-refractivity contribution is 4.99. The Kier molecular flexibility index (Phi) is 3.30. The molecule has 0 aromatic heterocycles. The first kappa shape index (κ1) is 12.6. The molecule has 4 atom stereocenters. The van der Waals surface area contributed by atoms with Gasteiger partial charge in [-0.3, -0.25) is 4.90 Å². The SMILES string of the molecule is C1CC2CNCC2N(C2CCOC3(CCOC3)C2)C1. The Morgan fingerprint density at radius 2 is 2.16 bits per heavy atom. The monoisotopic (exact) mass is 266 g/mol. The molecule has 108 valence electrons. The lowest BCUT2D eigenvalue weighted by atomic mass is 9.84. The molecule has 0 aromatic carbocycles. The molecule has 4 heterocycles. The van der Waals surface area contributed by atoms with Crippen LogP contribution in [0.4, 0.5) is 0 Å². The molecule has 4 unspecified atom stereocenters. The average Bonchev–Trinajstić information content (AvgIpc) is 3.07. The molecule has 0 aromatic rings. The summed E-state index contributed by atoms with van der Waals surface area (Å²) in [5.41, 5.74) is 0.0574. The van der Waals surface area contributed by atoms with Gasteiger partial charge in [0.25, 0.3) is 0 Å². The van der Waals surface area contributed by atoms with Gasteiger partial charge in [0.15, 0.2) is 0 Å². The summed E-state index contributed by atoms with van der Waals surface area (Å²) in [6.45, 7) is 6.37. The number of hydrogen-bond acceptors (Lipinski definition) is 4. The number of piperidine rings is 1. The molecule has 0 aliphatic carbocycles. The van der Waals surface area contributed by atoms with Crippen molar-refractivity contribution in [3.05, 3.63) is 0 Å². The molecule has 1 spiro atoms. The van der Waals surface area contributed by atoms with E-state index in [9.17, 15) is 0 Å². The van der Waals surface area contributed by atoms with E-state index in [1.165, 1.54) is 45.3 Å². The van der Waals surface area contributed by atoms with Gasteiger partial charge in [-0.2, -0.15) is 0 Å². The predicted octanol–water partition coefficient (Wildman–Crippen LogP) is 1.01. The largest absolute Gasteiger partial charge is 0.378 e. The maximum atomic E-state index is 6.09. The van der Waals surface area contributed by atoms with Gasteiger partial charge < -0.3 is 14.8 Å². The van der Waals surface area contributed by atoms with Gasteiger partial charge in [-0.15, -0.1) is 0 Å². The number of likely N-dealkylation sites (tertiary alicyclic amines) is 1. The standard InChI is InChI=1S/C15H26N2O2/c1-2-12-9-16-10-14(12)17(5-1)13-3-6-19-15(8-13)4-7-18-11-15/h12-14,16H,1-11H2. The smallest absolute Gasteiger partial charge is 0.0951 e. The Bertz CT molecular complexity index is 330. The van der Waals surface area contributed by atoms with Crippen molar-refractivity contribution in [2.75, 3.05) is 39.5 Å². The van der Waals surface area contributed by atoms with Gasteiger partial charge in [0.05, 0.1) is 12.2 Å². The number of fused-ring (bicyclic) bond motifs is 1. The van der Waals surface area contributed by atoms with Crippen LogP contribution in [0.25, 0.3) is 0 Å². The molecule has 4 heteroatoms. The van der Waals surface area contributed by atoms with E-state index in [2.05, 4.69) is 10.2 Å². The third-order valence-corrected chi connectivity index (χ3v) is 5.72. The lowest BCUT2D eigenvalue weighted by molar-refractivity contribution is -0.115. The molecule has 19 heavy (non-hydrogen) atoms. The Morgan fingerprint density at radius 3 is 3.05 bits per heavy atom. The van der Waals surface area contributed by atoms with Crippen LogP contribution in [0.3, 0.4) is 0 Å².